The summed E-state index contributed by atoms with van der Waals surface area (Å²) in [4.78, 5) is 12.1. The standard InChI is InChI=1S/C17H24Cl3N3OS/c1-3-4-5-6-10-14(24)22-15(17(18,19)20)23-16(25)21-13-9-7-8-12(2)11-13/h7-9,11,15H,3-6,10H2,1-2H3,(H,22,24)(H2,21,23,25). The van der Waals surface area contributed by atoms with Gasteiger partial charge in [0, 0.05) is 12.1 Å². The molecule has 1 unspecified atom stereocenters. The van der Waals surface area contributed by atoms with Gasteiger partial charge >= 0.3 is 0 Å². The van der Waals surface area contributed by atoms with E-state index in [1.165, 1.54) is 0 Å². The number of thiocarbonyl (C=S) groups is 1. The van der Waals surface area contributed by atoms with Crippen molar-refractivity contribution in [2.75, 3.05) is 5.32 Å². The second-order valence-electron chi connectivity index (χ2n) is 5.82. The van der Waals surface area contributed by atoms with Gasteiger partial charge in [0.1, 0.15) is 6.17 Å². The molecule has 0 aliphatic heterocycles. The number of unbranched alkanes of at least 4 members (excludes halogenated alkanes) is 3. The second kappa shape index (κ2) is 11.1. The third-order valence-electron chi connectivity index (χ3n) is 3.44. The molecule has 1 atom stereocenters. The van der Waals surface area contributed by atoms with Crippen molar-refractivity contribution in [1.82, 2.24) is 10.6 Å². The molecule has 4 nitrogen and oxygen atoms in total. The van der Waals surface area contributed by atoms with E-state index in [0.717, 1.165) is 36.9 Å². The zero-order valence-electron chi connectivity index (χ0n) is 14.4. The number of rotatable bonds is 8. The topological polar surface area (TPSA) is 53.2 Å². The molecule has 1 amide bonds. The van der Waals surface area contributed by atoms with E-state index in [1.54, 1.807) is 0 Å². The Balaban J connectivity index is 2.57. The highest BCUT2D eigenvalue weighted by molar-refractivity contribution is 7.80. The fourth-order valence-electron chi connectivity index (χ4n) is 2.17. The molecule has 25 heavy (non-hydrogen) atoms. The lowest BCUT2D eigenvalue weighted by Crippen LogP contribution is -2.56. The zero-order valence-corrected chi connectivity index (χ0v) is 17.5. The lowest BCUT2D eigenvalue weighted by Gasteiger charge is -2.27. The van der Waals surface area contributed by atoms with Crippen LogP contribution in [0.4, 0.5) is 5.69 Å². The molecule has 0 aliphatic rings. The quantitative estimate of drug-likeness (QED) is 0.236. The average Bonchev–Trinajstić information content (AvgIpc) is 2.50. The molecular formula is C17H24Cl3N3OS. The van der Waals surface area contributed by atoms with Crippen molar-refractivity contribution in [3.63, 3.8) is 0 Å². The van der Waals surface area contributed by atoms with Gasteiger partial charge in [0.2, 0.25) is 9.70 Å². The Bertz CT molecular complexity index is 579. The highest BCUT2D eigenvalue weighted by Crippen LogP contribution is 2.29. The molecule has 1 rings (SSSR count). The second-order valence-corrected chi connectivity index (χ2v) is 8.60. The molecule has 0 spiro atoms. The van der Waals surface area contributed by atoms with Gasteiger partial charge < -0.3 is 16.0 Å². The van der Waals surface area contributed by atoms with Crippen molar-refractivity contribution in [3.05, 3.63) is 29.8 Å². The number of hydrogen-bond donors (Lipinski definition) is 3. The average molecular weight is 425 g/mol. The van der Waals surface area contributed by atoms with E-state index in [4.69, 9.17) is 47.0 Å². The molecule has 0 bridgehead atoms. The molecule has 0 saturated heterocycles. The van der Waals surface area contributed by atoms with Gasteiger partial charge in [-0.25, -0.2) is 0 Å². The molecular weight excluding hydrogens is 401 g/mol. The monoisotopic (exact) mass is 423 g/mol. The summed E-state index contributed by atoms with van der Waals surface area (Å²) in [6, 6.07) is 7.69. The third kappa shape index (κ3) is 9.50. The first-order chi connectivity index (χ1) is 11.7. The van der Waals surface area contributed by atoms with E-state index in [9.17, 15) is 4.79 Å². The highest BCUT2D eigenvalue weighted by atomic mass is 35.6. The van der Waals surface area contributed by atoms with E-state index in [0.29, 0.717) is 6.42 Å². The molecule has 0 aliphatic carbocycles. The van der Waals surface area contributed by atoms with Crippen molar-refractivity contribution < 1.29 is 4.79 Å². The van der Waals surface area contributed by atoms with Crippen LogP contribution in [-0.2, 0) is 4.79 Å². The Morgan fingerprint density at radius 2 is 1.92 bits per heavy atom. The summed E-state index contributed by atoms with van der Waals surface area (Å²) < 4.78 is -1.74. The summed E-state index contributed by atoms with van der Waals surface area (Å²) in [7, 11) is 0. The molecule has 0 radical (unpaired) electrons. The Labute approximate surface area is 170 Å². The van der Waals surface area contributed by atoms with Crippen LogP contribution in [0, 0.1) is 6.92 Å². The molecule has 8 heteroatoms. The Hall–Kier alpha value is -0.750. The van der Waals surface area contributed by atoms with Crippen molar-refractivity contribution in [3.8, 4) is 0 Å². The molecule has 0 heterocycles. The molecule has 0 saturated carbocycles. The zero-order chi connectivity index (χ0) is 18.9. The van der Waals surface area contributed by atoms with Gasteiger partial charge in [-0.2, -0.15) is 0 Å². The number of benzene rings is 1. The van der Waals surface area contributed by atoms with Gasteiger partial charge in [-0.1, -0.05) is 73.1 Å². The highest BCUT2D eigenvalue weighted by Gasteiger charge is 2.34. The van der Waals surface area contributed by atoms with Crippen LogP contribution < -0.4 is 16.0 Å². The van der Waals surface area contributed by atoms with Gasteiger partial charge in [-0.15, -0.1) is 0 Å². The van der Waals surface area contributed by atoms with Crippen molar-refractivity contribution in [1.29, 1.82) is 0 Å². The van der Waals surface area contributed by atoms with Crippen LogP contribution >= 0.6 is 47.0 Å². The maximum atomic E-state index is 12.1. The van der Waals surface area contributed by atoms with E-state index in [-0.39, 0.29) is 11.0 Å². The summed E-state index contributed by atoms with van der Waals surface area (Å²) in [6.07, 6.45) is 3.47. The smallest absolute Gasteiger partial charge is 0.228 e. The van der Waals surface area contributed by atoms with Crippen LogP contribution in [0.1, 0.15) is 44.6 Å². The minimum atomic E-state index is -1.74. The number of alkyl halides is 3. The van der Waals surface area contributed by atoms with E-state index in [2.05, 4.69) is 22.9 Å². The van der Waals surface area contributed by atoms with Crippen LogP contribution in [0.2, 0.25) is 0 Å². The molecule has 1 aromatic carbocycles. The largest absolute Gasteiger partial charge is 0.339 e. The summed E-state index contributed by atoms with van der Waals surface area (Å²) >= 11 is 23.1. The fourth-order valence-corrected chi connectivity index (χ4v) is 2.73. The van der Waals surface area contributed by atoms with Crippen LogP contribution in [0.5, 0.6) is 0 Å². The molecule has 3 N–H and O–H groups in total. The summed E-state index contributed by atoms with van der Waals surface area (Å²) in [5, 5.41) is 8.81. The number of carbonyl (C=O) groups is 1. The Morgan fingerprint density at radius 3 is 2.52 bits per heavy atom. The van der Waals surface area contributed by atoms with Crippen molar-refractivity contribution in [2.45, 2.75) is 55.9 Å². The molecule has 140 valence electrons. The predicted octanol–water partition coefficient (Wildman–Crippen LogP) is 5.06. The normalized spacial score (nSPS) is 12.4. The summed E-state index contributed by atoms with van der Waals surface area (Å²) in [5.74, 6) is -0.182. The SMILES string of the molecule is CCCCCCC(=O)NC(NC(=S)Nc1cccc(C)c1)C(Cl)(Cl)Cl. The van der Waals surface area contributed by atoms with Gasteiger partial charge in [0.25, 0.3) is 0 Å². The number of nitrogens with one attached hydrogen (secondary N) is 3. The number of aryl methyl sites for hydroxylation is 1. The predicted molar refractivity (Wildman–Crippen MR) is 112 cm³/mol. The molecule has 0 fully saturated rings. The maximum Gasteiger partial charge on any atom is 0.228 e. The summed E-state index contributed by atoms with van der Waals surface area (Å²) in [5.41, 5.74) is 1.90. The summed E-state index contributed by atoms with van der Waals surface area (Å²) in [6.45, 7) is 4.09. The minimum Gasteiger partial charge on any atom is -0.339 e. The number of anilines is 1. The fraction of sp³-hybridized carbons (Fsp3) is 0.529. The van der Waals surface area contributed by atoms with Crippen LogP contribution in [0.25, 0.3) is 0 Å². The van der Waals surface area contributed by atoms with Crippen LogP contribution in [-0.4, -0.2) is 21.0 Å². The van der Waals surface area contributed by atoms with Gasteiger partial charge in [0.15, 0.2) is 5.11 Å². The van der Waals surface area contributed by atoms with Gasteiger partial charge in [-0.3, -0.25) is 4.79 Å². The van der Waals surface area contributed by atoms with Crippen molar-refractivity contribution >= 4 is 63.7 Å². The van der Waals surface area contributed by atoms with E-state index >= 15 is 0 Å². The number of halogens is 3. The van der Waals surface area contributed by atoms with Gasteiger partial charge in [-0.05, 0) is 43.3 Å². The number of carbonyl (C=O) groups excluding carboxylic acids is 1. The maximum absolute atomic E-state index is 12.1. The van der Waals surface area contributed by atoms with E-state index < -0.39 is 9.96 Å². The first-order valence-corrected chi connectivity index (χ1v) is 9.77. The van der Waals surface area contributed by atoms with E-state index in [1.807, 2.05) is 31.2 Å². The first-order valence-electron chi connectivity index (χ1n) is 8.22. The van der Waals surface area contributed by atoms with Crippen LogP contribution in [0.15, 0.2) is 24.3 Å². The minimum absolute atomic E-state index is 0.182. The third-order valence-corrected chi connectivity index (χ3v) is 4.32. The lowest BCUT2D eigenvalue weighted by molar-refractivity contribution is -0.122. The van der Waals surface area contributed by atoms with Gasteiger partial charge in [0.05, 0.1) is 0 Å². The Kier molecular flexibility index (Phi) is 9.87. The van der Waals surface area contributed by atoms with Crippen molar-refractivity contribution in [2.24, 2.45) is 0 Å². The Morgan fingerprint density at radius 1 is 1.20 bits per heavy atom. The lowest BCUT2D eigenvalue weighted by atomic mass is 10.1. The molecule has 0 aromatic heterocycles. The first kappa shape index (κ1) is 22.3. The van der Waals surface area contributed by atoms with Crippen LogP contribution in [0.3, 0.4) is 0 Å². The number of hydrogen-bond acceptors (Lipinski definition) is 2. The number of amides is 1. The molecule has 1 aromatic rings.